The van der Waals surface area contributed by atoms with Gasteiger partial charge in [0.25, 0.3) is 5.69 Å². The molecule has 9 nitrogen and oxygen atoms in total. The maximum atomic E-state index is 12.3. The number of anilines is 1. The number of hydrogen-bond donors (Lipinski definition) is 2. The van der Waals surface area contributed by atoms with Crippen molar-refractivity contribution in [3.63, 3.8) is 0 Å². The van der Waals surface area contributed by atoms with Gasteiger partial charge in [0, 0.05) is 23.2 Å². The standard InChI is InChI=1S/C15H20N6O3S/c1-9(25-14-19-18-13(20(14)16)15(2,3)4)12(22)17-10-5-7-11(8-6-10)21(23)24/h5-9H,16H2,1-4H3,(H,17,22). The normalized spacial score (nSPS) is 12.6. The van der Waals surface area contributed by atoms with Gasteiger partial charge in [-0.1, -0.05) is 32.5 Å². The number of carbonyl (C=O) groups excluding carboxylic acids is 1. The van der Waals surface area contributed by atoms with E-state index in [9.17, 15) is 14.9 Å². The maximum Gasteiger partial charge on any atom is 0.269 e. The van der Waals surface area contributed by atoms with E-state index >= 15 is 0 Å². The highest BCUT2D eigenvalue weighted by atomic mass is 32.2. The highest BCUT2D eigenvalue weighted by Gasteiger charge is 2.25. The van der Waals surface area contributed by atoms with Crippen molar-refractivity contribution in [2.45, 2.75) is 43.5 Å². The number of thioether (sulfide) groups is 1. The molecule has 1 amide bonds. The third-order valence-electron chi connectivity index (χ3n) is 3.33. The number of aromatic nitrogens is 3. The first-order valence-corrected chi connectivity index (χ1v) is 8.40. The van der Waals surface area contributed by atoms with Gasteiger partial charge in [-0.15, -0.1) is 10.2 Å². The fourth-order valence-electron chi connectivity index (χ4n) is 1.99. The molecular formula is C15H20N6O3S. The average Bonchev–Trinajstić information content (AvgIpc) is 2.88. The van der Waals surface area contributed by atoms with E-state index in [1.807, 2.05) is 20.8 Å². The number of rotatable bonds is 5. The summed E-state index contributed by atoms with van der Waals surface area (Å²) in [6.07, 6.45) is 0. The van der Waals surface area contributed by atoms with Crippen molar-refractivity contribution >= 4 is 29.0 Å². The van der Waals surface area contributed by atoms with Crippen LogP contribution in [0.15, 0.2) is 29.4 Å². The van der Waals surface area contributed by atoms with Crippen LogP contribution in [0.1, 0.15) is 33.5 Å². The van der Waals surface area contributed by atoms with Gasteiger partial charge in [-0.25, -0.2) is 4.68 Å². The zero-order valence-electron chi connectivity index (χ0n) is 14.4. The summed E-state index contributed by atoms with van der Waals surface area (Å²) in [5.41, 5.74) is 0.184. The van der Waals surface area contributed by atoms with Crippen LogP contribution in [0, 0.1) is 10.1 Å². The predicted octanol–water partition coefficient (Wildman–Crippen LogP) is 2.32. The van der Waals surface area contributed by atoms with Crippen molar-refractivity contribution < 1.29 is 9.72 Å². The number of amides is 1. The van der Waals surface area contributed by atoms with Crippen LogP contribution in [0.25, 0.3) is 0 Å². The van der Waals surface area contributed by atoms with Gasteiger partial charge in [0.05, 0.1) is 10.2 Å². The first-order valence-electron chi connectivity index (χ1n) is 7.52. The third-order valence-corrected chi connectivity index (χ3v) is 4.39. The molecule has 0 aliphatic heterocycles. The Hall–Kier alpha value is -2.62. The van der Waals surface area contributed by atoms with Crippen molar-refractivity contribution in [2.24, 2.45) is 0 Å². The molecule has 3 N–H and O–H groups in total. The zero-order chi connectivity index (χ0) is 18.8. The first-order chi connectivity index (χ1) is 11.6. The lowest BCUT2D eigenvalue weighted by molar-refractivity contribution is -0.384. The molecule has 0 aliphatic carbocycles. The van der Waals surface area contributed by atoms with Crippen LogP contribution in [0.4, 0.5) is 11.4 Å². The summed E-state index contributed by atoms with van der Waals surface area (Å²) in [6, 6.07) is 5.63. The smallest absolute Gasteiger partial charge is 0.269 e. The van der Waals surface area contributed by atoms with Crippen molar-refractivity contribution in [2.75, 3.05) is 11.2 Å². The Morgan fingerprint density at radius 1 is 1.32 bits per heavy atom. The van der Waals surface area contributed by atoms with Gasteiger partial charge in [-0.2, -0.15) is 0 Å². The van der Waals surface area contributed by atoms with E-state index in [0.29, 0.717) is 16.7 Å². The van der Waals surface area contributed by atoms with Crippen LogP contribution in [-0.2, 0) is 10.2 Å². The molecule has 0 fully saturated rings. The van der Waals surface area contributed by atoms with Crippen molar-refractivity contribution in [3.05, 3.63) is 40.2 Å². The molecule has 1 atom stereocenters. The Morgan fingerprint density at radius 2 is 1.92 bits per heavy atom. The first kappa shape index (κ1) is 18.7. The van der Waals surface area contributed by atoms with Gasteiger partial charge < -0.3 is 11.2 Å². The Kier molecular flexibility index (Phi) is 5.31. The van der Waals surface area contributed by atoms with Crippen LogP contribution in [-0.4, -0.2) is 31.0 Å². The molecule has 1 aromatic carbocycles. The van der Waals surface area contributed by atoms with Gasteiger partial charge in [-0.05, 0) is 19.1 Å². The molecule has 2 aromatic rings. The zero-order valence-corrected chi connectivity index (χ0v) is 15.2. The van der Waals surface area contributed by atoms with E-state index < -0.39 is 10.2 Å². The van der Waals surface area contributed by atoms with Gasteiger partial charge in [0.15, 0.2) is 5.82 Å². The lowest BCUT2D eigenvalue weighted by atomic mass is 9.96. The number of nitrogens with one attached hydrogen (secondary N) is 1. The van der Waals surface area contributed by atoms with E-state index in [-0.39, 0.29) is 17.0 Å². The topological polar surface area (TPSA) is 129 Å². The minimum atomic E-state index is -0.495. The summed E-state index contributed by atoms with van der Waals surface area (Å²) < 4.78 is 1.39. The maximum absolute atomic E-state index is 12.3. The molecule has 0 radical (unpaired) electrons. The SMILES string of the molecule is CC(Sc1nnc(C(C)(C)C)n1N)C(=O)Nc1ccc([N+](=O)[O-])cc1. The third kappa shape index (κ3) is 4.47. The number of nitrogens with zero attached hydrogens (tertiary/aromatic N) is 4. The number of nitro groups is 1. The fourth-order valence-corrected chi connectivity index (χ4v) is 2.76. The van der Waals surface area contributed by atoms with E-state index in [0.717, 1.165) is 0 Å². The summed E-state index contributed by atoms with van der Waals surface area (Å²) in [7, 11) is 0. The number of non-ortho nitro benzene ring substituents is 1. The van der Waals surface area contributed by atoms with Crippen molar-refractivity contribution in [1.82, 2.24) is 14.9 Å². The fraction of sp³-hybridized carbons (Fsp3) is 0.400. The summed E-state index contributed by atoms with van der Waals surface area (Å²) in [5.74, 6) is 6.37. The lowest BCUT2D eigenvalue weighted by Crippen LogP contribution is -2.26. The summed E-state index contributed by atoms with van der Waals surface area (Å²) in [5, 5.41) is 21.4. The molecule has 0 saturated heterocycles. The molecule has 0 spiro atoms. The summed E-state index contributed by atoms with van der Waals surface area (Å²) in [4.78, 5) is 22.4. The van der Waals surface area contributed by atoms with Crippen LogP contribution in [0.2, 0.25) is 0 Å². The van der Waals surface area contributed by atoms with E-state index in [2.05, 4.69) is 15.5 Å². The van der Waals surface area contributed by atoms with Gasteiger partial charge >= 0.3 is 0 Å². The molecule has 10 heteroatoms. The minimum Gasteiger partial charge on any atom is -0.336 e. The Balaban J connectivity index is 2.03. The predicted molar refractivity (Wildman–Crippen MR) is 95.9 cm³/mol. The van der Waals surface area contributed by atoms with Gasteiger partial charge in [-0.3, -0.25) is 14.9 Å². The molecule has 1 aromatic heterocycles. The van der Waals surface area contributed by atoms with Crippen LogP contribution in [0.5, 0.6) is 0 Å². The number of nitro benzene ring substituents is 1. The number of nitrogens with two attached hydrogens (primary N) is 1. The second-order valence-corrected chi connectivity index (χ2v) is 7.79. The molecule has 25 heavy (non-hydrogen) atoms. The van der Waals surface area contributed by atoms with Crippen molar-refractivity contribution in [3.8, 4) is 0 Å². The highest BCUT2D eigenvalue weighted by molar-refractivity contribution is 8.00. The largest absolute Gasteiger partial charge is 0.336 e. The average molecular weight is 364 g/mol. The van der Waals surface area contributed by atoms with Gasteiger partial charge in [0.2, 0.25) is 11.1 Å². The van der Waals surface area contributed by atoms with E-state index in [4.69, 9.17) is 5.84 Å². The molecular weight excluding hydrogens is 344 g/mol. The second kappa shape index (κ2) is 7.09. The Bertz CT molecular complexity index is 782. The second-order valence-electron chi connectivity index (χ2n) is 6.48. The Labute approximate surface area is 149 Å². The highest BCUT2D eigenvalue weighted by Crippen LogP contribution is 2.26. The summed E-state index contributed by atoms with van der Waals surface area (Å²) >= 11 is 1.19. The molecule has 0 aliphatic rings. The molecule has 0 saturated carbocycles. The lowest BCUT2D eigenvalue weighted by Gasteiger charge is -2.17. The molecule has 134 valence electrons. The molecule has 1 unspecified atom stereocenters. The Morgan fingerprint density at radius 3 is 2.40 bits per heavy atom. The number of benzene rings is 1. The summed E-state index contributed by atoms with van der Waals surface area (Å²) in [6.45, 7) is 7.63. The molecule has 2 rings (SSSR count). The van der Waals surface area contributed by atoms with Crippen molar-refractivity contribution in [1.29, 1.82) is 0 Å². The number of nitrogen functional groups attached to an aromatic ring is 1. The van der Waals surface area contributed by atoms with E-state index in [1.165, 1.54) is 40.7 Å². The quantitative estimate of drug-likeness (QED) is 0.360. The van der Waals surface area contributed by atoms with Crippen LogP contribution in [0.3, 0.4) is 0 Å². The minimum absolute atomic E-state index is 0.0358. The number of hydrogen-bond acceptors (Lipinski definition) is 7. The molecule has 1 heterocycles. The van der Waals surface area contributed by atoms with Crippen LogP contribution >= 0.6 is 11.8 Å². The molecule has 0 bridgehead atoms. The van der Waals surface area contributed by atoms with E-state index in [1.54, 1.807) is 6.92 Å². The number of carbonyl (C=O) groups is 1. The van der Waals surface area contributed by atoms with Crippen LogP contribution < -0.4 is 11.2 Å². The monoisotopic (exact) mass is 364 g/mol. The van der Waals surface area contributed by atoms with Gasteiger partial charge in [0.1, 0.15) is 0 Å².